The number of methoxy groups -OCH3 is 1. The Kier molecular flexibility index (Phi) is 5.64. The van der Waals surface area contributed by atoms with Crippen LogP contribution in [0.1, 0.15) is 12.8 Å². The van der Waals surface area contributed by atoms with Crippen molar-refractivity contribution in [3.05, 3.63) is 24.3 Å². The summed E-state index contributed by atoms with van der Waals surface area (Å²) in [6.07, 6.45) is 1.000. The van der Waals surface area contributed by atoms with Crippen molar-refractivity contribution >= 4 is 21.6 Å². The molecule has 24 heavy (non-hydrogen) atoms. The van der Waals surface area contributed by atoms with Crippen LogP contribution in [0.25, 0.3) is 0 Å². The molecular formula is C16H24N2O5S. The molecule has 0 bridgehead atoms. The summed E-state index contributed by atoms with van der Waals surface area (Å²) in [5.41, 5.74) is -0.276. The molecule has 1 heterocycles. The molecule has 134 valence electrons. The summed E-state index contributed by atoms with van der Waals surface area (Å²) >= 11 is 0. The molecule has 0 atom stereocenters. The number of carbonyl (C=O) groups excluding carboxylic acids is 1. The summed E-state index contributed by atoms with van der Waals surface area (Å²) < 4.78 is 36.2. The molecule has 0 spiro atoms. The number of carbonyl (C=O) groups is 1. The first-order chi connectivity index (χ1) is 11.2. The van der Waals surface area contributed by atoms with Crippen molar-refractivity contribution in [2.24, 2.45) is 0 Å². The van der Waals surface area contributed by atoms with Crippen molar-refractivity contribution in [1.82, 2.24) is 4.31 Å². The SMILES string of the molecule is COC1(C(=O)N(C)c2ccc(S(=O)(=O)N(C)C)cc2)CCOCC1. The highest BCUT2D eigenvalue weighted by molar-refractivity contribution is 7.89. The second kappa shape index (κ2) is 7.18. The molecule has 2 rings (SSSR count). The lowest BCUT2D eigenvalue weighted by molar-refractivity contribution is -0.151. The lowest BCUT2D eigenvalue weighted by Crippen LogP contribution is -2.52. The van der Waals surface area contributed by atoms with Crippen molar-refractivity contribution in [2.45, 2.75) is 23.3 Å². The van der Waals surface area contributed by atoms with Gasteiger partial charge in [-0.15, -0.1) is 0 Å². The quantitative estimate of drug-likeness (QED) is 0.789. The average molecular weight is 356 g/mol. The molecule has 0 aliphatic carbocycles. The molecule has 7 nitrogen and oxygen atoms in total. The number of ether oxygens (including phenoxy) is 2. The van der Waals surface area contributed by atoms with Crippen LogP contribution < -0.4 is 4.90 Å². The van der Waals surface area contributed by atoms with Gasteiger partial charge in [-0.05, 0) is 24.3 Å². The molecule has 1 aliphatic heterocycles. The smallest absolute Gasteiger partial charge is 0.259 e. The number of nitrogens with zero attached hydrogens (tertiary/aromatic N) is 2. The van der Waals surface area contributed by atoms with Gasteiger partial charge in [-0.1, -0.05) is 0 Å². The van der Waals surface area contributed by atoms with E-state index in [0.717, 1.165) is 4.31 Å². The minimum Gasteiger partial charge on any atom is -0.381 e. The summed E-state index contributed by atoms with van der Waals surface area (Å²) in [4.78, 5) is 14.5. The van der Waals surface area contributed by atoms with E-state index in [1.54, 1.807) is 19.2 Å². The Hall–Kier alpha value is -1.48. The minimum atomic E-state index is -3.49. The summed E-state index contributed by atoms with van der Waals surface area (Å²) in [5, 5.41) is 0. The van der Waals surface area contributed by atoms with E-state index < -0.39 is 15.6 Å². The molecule has 0 N–H and O–H groups in total. The maximum atomic E-state index is 12.9. The predicted octanol–water partition coefficient (Wildman–Crippen LogP) is 1.10. The molecule has 1 fully saturated rings. The Balaban J connectivity index is 2.23. The van der Waals surface area contributed by atoms with Gasteiger partial charge < -0.3 is 14.4 Å². The lowest BCUT2D eigenvalue weighted by Gasteiger charge is -2.37. The van der Waals surface area contributed by atoms with Gasteiger partial charge in [0.1, 0.15) is 0 Å². The second-order valence-electron chi connectivity index (χ2n) is 5.96. The van der Waals surface area contributed by atoms with Gasteiger partial charge in [0.05, 0.1) is 4.90 Å². The number of likely N-dealkylation sites (N-methyl/N-ethyl adjacent to an activating group) is 1. The number of hydrogen-bond acceptors (Lipinski definition) is 5. The Morgan fingerprint density at radius 3 is 2.12 bits per heavy atom. The van der Waals surface area contributed by atoms with Crippen LogP contribution in [0.15, 0.2) is 29.2 Å². The standard InChI is InChI=1S/C16H24N2O5S/c1-17(2)24(20,21)14-7-5-13(6-8-14)18(3)15(19)16(22-4)9-11-23-12-10-16/h5-8H,9-12H2,1-4H3. The predicted molar refractivity (Wildman–Crippen MR) is 90.5 cm³/mol. The fraction of sp³-hybridized carbons (Fsp3) is 0.562. The third-order valence-electron chi connectivity index (χ3n) is 4.39. The van der Waals surface area contributed by atoms with E-state index in [4.69, 9.17) is 9.47 Å². The Morgan fingerprint density at radius 1 is 1.12 bits per heavy atom. The van der Waals surface area contributed by atoms with Crippen LogP contribution in [0.4, 0.5) is 5.69 Å². The molecule has 1 aromatic rings. The first-order valence-electron chi connectivity index (χ1n) is 7.68. The third kappa shape index (κ3) is 3.46. The molecular weight excluding hydrogens is 332 g/mol. The molecule has 0 aromatic heterocycles. The molecule has 1 aliphatic rings. The van der Waals surface area contributed by atoms with Crippen molar-refractivity contribution < 1.29 is 22.7 Å². The van der Waals surface area contributed by atoms with E-state index in [9.17, 15) is 13.2 Å². The van der Waals surface area contributed by atoms with Gasteiger partial charge >= 0.3 is 0 Å². The fourth-order valence-electron chi connectivity index (χ4n) is 2.68. The van der Waals surface area contributed by atoms with Gasteiger partial charge in [0, 0.05) is 60.0 Å². The Labute approximate surface area is 143 Å². The normalized spacial score (nSPS) is 17.7. The monoisotopic (exact) mass is 356 g/mol. The van der Waals surface area contributed by atoms with Gasteiger partial charge in [0.25, 0.3) is 5.91 Å². The number of sulfonamides is 1. The Morgan fingerprint density at radius 2 is 1.67 bits per heavy atom. The van der Waals surface area contributed by atoms with Crippen molar-refractivity contribution in [2.75, 3.05) is 46.4 Å². The van der Waals surface area contributed by atoms with Crippen molar-refractivity contribution in [3.8, 4) is 0 Å². The van der Waals surface area contributed by atoms with Crippen LogP contribution in [0.2, 0.25) is 0 Å². The lowest BCUT2D eigenvalue weighted by atomic mass is 9.92. The molecule has 0 saturated carbocycles. The molecule has 1 aromatic carbocycles. The van der Waals surface area contributed by atoms with E-state index in [1.807, 2.05) is 0 Å². The average Bonchev–Trinajstić information content (AvgIpc) is 2.61. The van der Waals surface area contributed by atoms with Gasteiger partial charge in [0.15, 0.2) is 5.60 Å². The zero-order valence-electron chi connectivity index (χ0n) is 14.5. The largest absolute Gasteiger partial charge is 0.381 e. The minimum absolute atomic E-state index is 0.156. The zero-order valence-corrected chi connectivity index (χ0v) is 15.3. The summed E-state index contributed by atoms with van der Waals surface area (Å²) in [7, 11) is 2.66. The van der Waals surface area contributed by atoms with Crippen LogP contribution >= 0.6 is 0 Å². The van der Waals surface area contributed by atoms with Crippen LogP contribution in [-0.4, -0.2) is 65.7 Å². The fourth-order valence-corrected chi connectivity index (χ4v) is 3.58. The van der Waals surface area contributed by atoms with Crippen molar-refractivity contribution in [1.29, 1.82) is 0 Å². The van der Waals surface area contributed by atoms with Gasteiger partial charge in [-0.3, -0.25) is 4.79 Å². The maximum absolute atomic E-state index is 12.9. The summed E-state index contributed by atoms with van der Waals surface area (Å²) in [6, 6.07) is 6.24. The van der Waals surface area contributed by atoms with Gasteiger partial charge in [-0.2, -0.15) is 0 Å². The number of amides is 1. The molecule has 0 radical (unpaired) electrons. The number of rotatable bonds is 5. The second-order valence-corrected chi connectivity index (χ2v) is 8.11. The first-order valence-corrected chi connectivity index (χ1v) is 9.12. The summed E-state index contributed by atoms with van der Waals surface area (Å²) in [6.45, 7) is 0.959. The number of benzene rings is 1. The third-order valence-corrected chi connectivity index (χ3v) is 6.22. The maximum Gasteiger partial charge on any atom is 0.259 e. The molecule has 1 amide bonds. The van der Waals surface area contributed by atoms with Gasteiger partial charge in [-0.25, -0.2) is 12.7 Å². The van der Waals surface area contributed by atoms with E-state index in [1.165, 1.54) is 38.2 Å². The first kappa shape index (κ1) is 18.9. The number of anilines is 1. The van der Waals surface area contributed by atoms with E-state index >= 15 is 0 Å². The highest BCUT2D eigenvalue weighted by atomic mass is 32.2. The Bertz CT molecular complexity index is 679. The van der Waals surface area contributed by atoms with Crippen molar-refractivity contribution in [3.63, 3.8) is 0 Å². The zero-order chi connectivity index (χ0) is 18.0. The van der Waals surface area contributed by atoms with Crippen LogP contribution in [-0.2, 0) is 24.3 Å². The summed E-state index contributed by atoms with van der Waals surface area (Å²) in [5.74, 6) is -0.156. The topological polar surface area (TPSA) is 76.2 Å². The van der Waals surface area contributed by atoms with Crippen LogP contribution in [0.3, 0.4) is 0 Å². The highest BCUT2D eigenvalue weighted by Gasteiger charge is 2.42. The van der Waals surface area contributed by atoms with E-state index in [0.29, 0.717) is 31.7 Å². The van der Waals surface area contributed by atoms with Crippen LogP contribution in [0, 0.1) is 0 Å². The molecule has 0 unspecified atom stereocenters. The highest BCUT2D eigenvalue weighted by Crippen LogP contribution is 2.29. The van der Waals surface area contributed by atoms with E-state index in [2.05, 4.69) is 0 Å². The van der Waals surface area contributed by atoms with Crippen LogP contribution in [0.5, 0.6) is 0 Å². The molecule has 1 saturated heterocycles. The van der Waals surface area contributed by atoms with E-state index in [-0.39, 0.29) is 10.8 Å². The molecule has 8 heteroatoms. The number of hydrogen-bond donors (Lipinski definition) is 0. The van der Waals surface area contributed by atoms with Gasteiger partial charge in [0.2, 0.25) is 10.0 Å².